The first-order valence-corrected chi connectivity index (χ1v) is 11.6. The summed E-state index contributed by atoms with van der Waals surface area (Å²) < 4.78 is 6.90. The van der Waals surface area contributed by atoms with E-state index in [0.717, 1.165) is 17.0 Å². The number of benzene rings is 2. The van der Waals surface area contributed by atoms with E-state index < -0.39 is 6.04 Å². The van der Waals surface area contributed by atoms with Gasteiger partial charge in [0.05, 0.1) is 12.7 Å². The second-order valence-electron chi connectivity index (χ2n) is 8.87. The van der Waals surface area contributed by atoms with Crippen molar-refractivity contribution in [2.45, 2.75) is 50.1 Å². The lowest BCUT2D eigenvalue weighted by Crippen LogP contribution is -2.29. The van der Waals surface area contributed by atoms with Crippen LogP contribution in [0.2, 0.25) is 0 Å². The largest absolute Gasteiger partial charge is 0.466 e. The van der Waals surface area contributed by atoms with Gasteiger partial charge in [-0.2, -0.15) is 4.98 Å². The SMILES string of the molecule is COC(=O)C1=C(C)Nc2nc(SCc3ccccc3)nn2C1c1ccc(C(C)(C)C)cc1. The van der Waals surface area contributed by atoms with Crippen molar-refractivity contribution in [3.8, 4) is 0 Å². The minimum Gasteiger partial charge on any atom is -0.466 e. The van der Waals surface area contributed by atoms with Crippen molar-refractivity contribution in [1.82, 2.24) is 14.8 Å². The van der Waals surface area contributed by atoms with Crippen LogP contribution in [0.4, 0.5) is 5.95 Å². The van der Waals surface area contributed by atoms with Gasteiger partial charge >= 0.3 is 5.97 Å². The van der Waals surface area contributed by atoms with Crippen molar-refractivity contribution in [3.05, 3.63) is 82.6 Å². The average Bonchev–Trinajstić information content (AvgIpc) is 3.19. The number of hydrogen-bond donors (Lipinski definition) is 1. The Morgan fingerprint density at radius 3 is 2.44 bits per heavy atom. The summed E-state index contributed by atoms with van der Waals surface area (Å²) in [6, 6.07) is 18.2. The fraction of sp³-hybridized carbons (Fsp3) is 0.320. The molecule has 32 heavy (non-hydrogen) atoms. The highest BCUT2D eigenvalue weighted by Crippen LogP contribution is 2.37. The molecule has 3 aromatic rings. The number of allylic oxidation sites excluding steroid dienone is 1. The first-order chi connectivity index (χ1) is 15.3. The molecule has 1 aliphatic heterocycles. The Labute approximate surface area is 193 Å². The standard InChI is InChI=1S/C25H28N4O2S/c1-16-20(22(30)31-5)21(18-11-13-19(14-12-18)25(2,3)4)29-23(26-16)27-24(28-29)32-15-17-9-7-6-8-10-17/h6-14,21H,15H2,1-5H3,(H,26,27,28). The van der Waals surface area contributed by atoms with Crippen LogP contribution in [0.3, 0.4) is 0 Å². The van der Waals surface area contributed by atoms with Crippen molar-refractivity contribution in [2.75, 3.05) is 12.4 Å². The Bertz CT molecular complexity index is 1140. The number of carbonyl (C=O) groups is 1. The molecule has 0 saturated carbocycles. The number of carbonyl (C=O) groups excluding carboxylic acids is 1. The Kier molecular flexibility index (Phi) is 6.11. The number of fused-ring (bicyclic) bond motifs is 1. The molecule has 2 aromatic carbocycles. The summed E-state index contributed by atoms with van der Waals surface area (Å²) in [4.78, 5) is 17.4. The zero-order valence-corrected chi connectivity index (χ0v) is 19.9. The van der Waals surface area contributed by atoms with Crippen LogP contribution in [0, 0.1) is 0 Å². The average molecular weight is 449 g/mol. The van der Waals surface area contributed by atoms with E-state index in [0.29, 0.717) is 16.7 Å². The maximum absolute atomic E-state index is 12.7. The molecule has 1 N–H and O–H groups in total. The van der Waals surface area contributed by atoms with Crippen molar-refractivity contribution in [3.63, 3.8) is 0 Å². The summed E-state index contributed by atoms with van der Waals surface area (Å²) in [6.45, 7) is 8.42. The molecule has 1 atom stereocenters. The second kappa shape index (κ2) is 8.82. The van der Waals surface area contributed by atoms with Crippen LogP contribution in [0.15, 0.2) is 71.0 Å². The number of rotatable bonds is 5. The van der Waals surface area contributed by atoms with Crippen LogP contribution in [0.5, 0.6) is 0 Å². The molecule has 0 aliphatic carbocycles. The van der Waals surface area contributed by atoms with Gasteiger partial charge in [0.2, 0.25) is 11.1 Å². The van der Waals surface area contributed by atoms with Gasteiger partial charge in [0.1, 0.15) is 6.04 Å². The van der Waals surface area contributed by atoms with Gasteiger partial charge in [-0.3, -0.25) is 0 Å². The molecule has 4 rings (SSSR count). The first kappa shape index (κ1) is 22.1. The number of anilines is 1. The van der Waals surface area contributed by atoms with E-state index in [1.165, 1.54) is 18.2 Å². The van der Waals surface area contributed by atoms with Gasteiger partial charge in [-0.15, -0.1) is 5.10 Å². The number of hydrogen-bond acceptors (Lipinski definition) is 6. The minimum absolute atomic E-state index is 0.0449. The van der Waals surface area contributed by atoms with E-state index in [1.807, 2.05) is 25.1 Å². The molecule has 0 spiro atoms. The summed E-state index contributed by atoms with van der Waals surface area (Å²) >= 11 is 1.57. The third-order valence-corrected chi connectivity index (χ3v) is 6.45. The third kappa shape index (κ3) is 4.43. The van der Waals surface area contributed by atoms with E-state index in [2.05, 4.69) is 67.5 Å². The summed E-state index contributed by atoms with van der Waals surface area (Å²) in [7, 11) is 1.40. The van der Waals surface area contributed by atoms with Gasteiger partial charge in [-0.1, -0.05) is 87.1 Å². The van der Waals surface area contributed by atoms with Crippen molar-refractivity contribution in [2.24, 2.45) is 0 Å². The fourth-order valence-corrected chi connectivity index (χ4v) is 4.55. The lowest BCUT2D eigenvalue weighted by molar-refractivity contribution is -0.136. The van der Waals surface area contributed by atoms with Gasteiger partial charge in [-0.25, -0.2) is 9.48 Å². The van der Waals surface area contributed by atoms with Crippen LogP contribution < -0.4 is 5.32 Å². The zero-order valence-electron chi connectivity index (χ0n) is 19.0. The molecular weight excluding hydrogens is 420 g/mol. The first-order valence-electron chi connectivity index (χ1n) is 10.6. The molecule has 1 aromatic heterocycles. The topological polar surface area (TPSA) is 69.0 Å². The van der Waals surface area contributed by atoms with Gasteiger partial charge in [0.15, 0.2) is 0 Å². The van der Waals surface area contributed by atoms with Crippen molar-refractivity contribution < 1.29 is 9.53 Å². The summed E-state index contributed by atoms with van der Waals surface area (Å²) in [5, 5.41) is 8.65. The third-order valence-electron chi connectivity index (χ3n) is 5.54. The number of thioether (sulfide) groups is 1. The number of aromatic nitrogens is 3. The highest BCUT2D eigenvalue weighted by atomic mass is 32.2. The van der Waals surface area contributed by atoms with E-state index in [4.69, 9.17) is 9.84 Å². The number of ether oxygens (including phenoxy) is 1. The van der Waals surface area contributed by atoms with Crippen molar-refractivity contribution in [1.29, 1.82) is 0 Å². The molecule has 0 amide bonds. The molecule has 0 fully saturated rings. The molecule has 6 nitrogen and oxygen atoms in total. The maximum atomic E-state index is 12.7. The highest BCUT2D eigenvalue weighted by Gasteiger charge is 2.35. The van der Waals surface area contributed by atoms with Crippen LogP contribution in [-0.2, 0) is 20.7 Å². The molecule has 1 aliphatic rings. The van der Waals surface area contributed by atoms with Crippen LogP contribution in [-0.4, -0.2) is 27.8 Å². The monoisotopic (exact) mass is 448 g/mol. The summed E-state index contributed by atoms with van der Waals surface area (Å²) in [6.07, 6.45) is 0. The number of methoxy groups -OCH3 is 1. The quantitative estimate of drug-likeness (QED) is 0.420. The molecule has 166 valence electrons. The van der Waals surface area contributed by atoms with Gasteiger partial charge in [0.25, 0.3) is 0 Å². The predicted octanol–water partition coefficient (Wildman–Crippen LogP) is 5.33. The molecule has 0 saturated heterocycles. The Balaban J connectivity index is 1.71. The molecule has 1 unspecified atom stereocenters. The zero-order chi connectivity index (χ0) is 22.9. The van der Waals surface area contributed by atoms with Crippen LogP contribution in [0.1, 0.15) is 50.4 Å². The van der Waals surface area contributed by atoms with E-state index >= 15 is 0 Å². The maximum Gasteiger partial charge on any atom is 0.338 e. The van der Waals surface area contributed by atoms with Crippen LogP contribution in [0.25, 0.3) is 0 Å². The number of nitrogens with one attached hydrogen (secondary N) is 1. The molecule has 2 heterocycles. The smallest absolute Gasteiger partial charge is 0.338 e. The Morgan fingerprint density at radius 1 is 1.12 bits per heavy atom. The molecule has 0 bridgehead atoms. The van der Waals surface area contributed by atoms with E-state index in [9.17, 15) is 4.79 Å². The Morgan fingerprint density at radius 2 is 1.81 bits per heavy atom. The Hall–Kier alpha value is -3.06. The number of esters is 1. The molecule has 7 heteroatoms. The van der Waals surface area contributed by atoms with Gasteiger partial charge in [0, 0.05) is 11.4 Å². The number of nitrogens with zero attached hydrogens (tertiary/aromatic N) is 3. The molecule has 0 radical (unpaired) electrons. The van der Waals surface area contributed by atoms with E-state index in [1.54, 1.807) is 16.4 Å². The van der Waals surface area contributed by atoms with Gasteiger partial charge < -0.3 is 10.1 Å². The lowest BCUT2D eigenvalue weighted by atomic mass is 9.85. The fourth-order valence-electron chi connectivity index (χ4n) is 3.76. The van der Waals surface area contributed by atoms with E-state index in [-0.39, 0.29) is 11.4 Å². The molecular formula is C25H28N4O2S. The van der Waals surface area contributed by atoms with Crippen LogP contribution >= 0.6 is 11.8 Å². The minimum atomic E-state index is -0.411. The summed E-state index contributed by atoms with van der Waals surface area (Å²) in [5.41, 5.74) is 4.70. The predicted molar refractivity (Wildman–Crippen MR) is 128 cm³/mol. The normalized spacial score (nSPS) is 15.8. The summed E-state index contributed by atoms with van der Waals surface area (Å²) in [5.74, 6) is 1.01. The lowest BCUT2D eigenvalue weighted by Gasteiger charge is -2.28. The van der Waals surface area contributed by atoms with Gasteiger partial charge in [-0.05, 0) is 29.0 Å². The second-order valence-corrected chi connectivity index (χ2v) is 9.81. The van der Waals surface area contributed by atoms with Crippen molar-refractivity contribution >= 4 is 23.7 Å². The highest BCUT2D eigenvalue weighted by molar-refractivity contribution is 7.98.